The minimum absolute atomic E-state index is 0.828. The zero-order valence-electron chi connectivity index (χ0n) is 4.95. The van der Waals surface area contributed by atoms with Crippen LogP contribution >= 0.6 is 15.9 Å². The second-order valence-electron chi connectivity index (χ2n) is 1.92. The molecular formula is C6H3BrN3. The fourth-order valence-corrected chi connectivity index (χ4v) is 1.13. The number of fused-ring (bicyclic) bond motifs is 1. The van der Waals surface area contributed by atoms with Gasteiger partial charge in [-0.15, -0.1) is 10.5 Å². The van der Waals surface area contributed by atoms with Gasteiger partial charge in [-0.3, -0.25) is 0 Å². The molecular weight excluding hydrogens is 194 g/mol. The van der Waals surface area contributed by atoms with Crippen LogP contribution in [0.3, 0.4) is 0 Å². The van der Waals surface area contributed by atoms with Gasteiger partial charge < -0.3 is 0 Å². The number of hydrogen-bond donors (Lipinski definition) is 0. The summed E-state index contributed by atoms with van der Waals surface area (Å²) in [5, 5.41) is 7.31. The lowest BCUT2D eigenvalue weighted by atomic mass is 10.3. The highest BCUT2D eigenvalue weighted by Gasteiger charge is 2.07. The molecule has 1 aromatic rings. The standard InChI is InChI=1S/C6H3BrN3/c7-4-1-2-5-6(3-4)9-10-8-5/h1-3H. The van der Waals surface area contributed by atoms with E-state index in [1.54, 1.807) is 0 Å². The van der Waals surface area contributed by atoms with Crippen molar-refractivity contribution >= 4 is 27.3 Å². The molecule has 0 aliphatic carbocycles. The Morgan fingerprint density at radius 3 is 3.00 bits per heavy atom. The Labute approximate surface area is 66.3 Å². The van der Waals surface area contributed by atoms with Crippen molar-refractivity contribution in [2.45, 2.75) is 0 Å². The normalized spacial score (nSPS) is 12.9. The lowest BCUT2D eigenvalue weighted by molar-refractivity contribution is 0.923. The van der Waals surface area contributed by atoms with Crippen molar-refractivity contribution in [1.29, 1.82) is 0 Å². The average molecular weight is 197 g/mol. The van der Waals surface area contributed by atoms with Gasteiger partial charge in [-0.2, -0.15) is 0 Å². The van der Waals surface area contributed by atoms with Gasteiger partial charge in [-0.1, -0.05) is 15.9 Å². The summed E-state index contributed by atoms with van der Waals surface area (Å²) in [5.74, 6) is 0. The predicted octanol–water partition coefficient (Wildman–Crippen LogP) is 2.70. The first-order chi connectivity index (χ1) is 4.86. The summed E-state index contributed by atoms with van der Waals surface area (Å²) in [5.41, 5.74) is 5.44. The van der Waals surface area contributed by atoms with Gasteiger partial charge in [0.05, 0.1) is 0 Å². The fourth-order valence-electron chi connectivity index (χ4n) is 0.780. The summed E-state index contributed by atoms with van der Waals surface area (Å²) in [4.78, 5) is 0. The van der Waals surface area contributed by atoms with E-state index in [0.29, 0.717) is 0 Å². The third kappa shape index (κ3) is 0.806. The van der Waals surface area contributed by atoms with Gasteiger partial charge in [0.2, 0.25) is 0 Å². The van der Waals surface area contributed by atoms with Crippen molar-refractivity contribution in [1.82, 2.24) is 5.43 Å². The molecule has 4 heteroatoms. The fraction of sp³-hybridized carbons (Fsp3) is 0. The molecule has 0 unspecified atom stereocenters. The Balaban J connectivity index is 2.60. The van der Waals surface area contributed by atoms with Crippen LogP contribution in [-0.2, 0) is 0 Å². The molecule has 2 rings (SSSR count). The van der Waals surface area contributed by atoms with Gasteiger partial charge in [0.25, 0.3) is 0 Å². The number of rotatable bonds is 0. The van der Waals surface area contributed by atoms with Crippen LogP contribution in [0, 0.1) is 0 Å². The van der Waals surface area contributed by atoms with Gasteiger partial charge in [0.1, 0.15) is 11.4 Å². The molecule has 0 saturated carbocycles. The molecule has 0 amide bonds. The van der Waals surface area contributed by atoms with Crippen LogP contribution in [0.5, 0.6) is 0 Å². The van der Waals surface area contributed by atoms with Crippen molar-refractivity contribution in [2.75, 3.05) is 0 Å². The molecule has 1 aromatic carbocycles. The van der Waals surface area contributed by atoms with Crippen molar-refractivity contribution < 1.29 is 0 Å². The maximum atomic E-state index is 3.79. The molecule has 1 heterocycles. The first-order valence-corrected chi connectivity index (χ1v) is 3.57. The summed E-state index contributed by atoms with van der Waals surface area (Å²) in [7, 11) is 0. The first kappa shape index (κ1) is 5.85. The van der Waals surface area contributed by atoms with Gasteiger partial charge in [-0.05, 0) is 23.4 Å². The van der Waals surface area contributed by atoms with Crippen LogP contribution in [0.15, 0.2) is 33.0 Å². The molecule has 1 aliphatic heterocycles. The van der Waals surface area contributed by atoms with E-state index in [1.165, 1.54) is 0 Å². The lowest BCUT2D eigenvalue weighted by Gasteiger charge is -1.91. The molecule has 49 valence electrons. The summed E-state index contributed by atoms with van der Waals surface area (Å²) in [6.07, 6.45) is 0. The summed E-state index contributed by atoms with van der Waals surface area (Å²) in [6.45, 7) is 0. The molecule has 1 radical (unpaired) electrons. The number of hydrogen-bond acceptors (Lipinski definition) is 2. The van der Waals surface area contributed by atoms with Crippen LogP contribution in [0.1, 0.15) is 0 Å². The molecule has 0 fully saturated rings. The van der Waals surface area contributed by atoms with E-state index in [9.17, 15) is 0 Å². The number of benzene rings is 1. The highest BCUT2D eigenvalue weighted by molar-refractivity contribution is 9.10. The van der Waals surface area contributed by atoms with Gasteiger partial charge >= 0.3 is 0 Å². The first-order valence-electron chi connectivity index (χ1n) is 2.77. The average Bonchev–Trinajstić information content (AvgIpc) is 2.33. The smallest absolute Gasteiger partial charge is 0.116 e. The van der Waals surface area contributed by atoms with Gasteiger partial charge in [-0.25, -0.2) is 0 Å². The Hall–Kier alpha value is -0.900. The van der Waals surface area contributed by atoms with Crippen molar-refractivity contribution in [2.24, 2.45) is 10.3 Å². The highest BCUT2D eigenvalue weighted by atomic mass is 79.9. The predicted molar refractivity (Wildman–Crippen MR) is 40.5 cm³/mol. The molecule has 0 spiro atoms. The zero-order valence-corrected chi connectivity index (χ0v) is 6.54. The molecule has 10 heavy (non-hydrogen) atoms. The molecule has 0 bridgehead atoms. The topological polar surface area (TPSA) is 38.8 Å². The van der Waals surface area contributed by atoms with E-state index in [-0.39, 0.29) is 0 Å². The molecule has 0 saturated heterocycles. The highest BCUT2D eigenvalue weighted by Crippen LogP contribution is 2.32. The van der Waals surface area contributed by atoms with E-state index in [0.717, 1.165) is 15.8 Å². The summed E-state index contributed by atoms with van der Waals surface area (Å²) in [6, 6.07) is 5.67. The number of halogens is 1. The second kappa shape index (κ2) is 2.05. The van der Waals surface area contributed by atoms with Crippen LogP contribution in [-0.4, -0.2) is 0 Å². The van der Waals surface area contributed by atoms with Crippen LogP contribution in [0.25, 0.3) is 0 Å². The lowest BCUT2D eigenvalue weighted by Crippen LogP contribution is -1.76. The van der Waals surface area contributed by atoms with Gasteiger partial charge in [0, 0.05) is 4.47 Å². The Kier molecular flexibility index (Phi) is 1.20. The van der Waals surface area contributed by atoms with Crippen molar-refractivity contribution in [3.8, 4) is 0 Å². The quantitative estimate of drug-likeness (QED) is 0.613. The maximum Gasteiger partial charge on any atom is 0.116 e. The molecule has 3 nitrogen and oxygen atoms in total. The van der Waals surface area contributed by atoms with E-state index >= 15 is 0 Å². The van der Waals surface area contributed by atoms with Crippen molar-refractivity contribution in [3.63, 3.8) is 0 Å². The molecule has 0 aromatic heterocycles. The Morgan fingerprint density at radius 2 is 2.10 bits per heavy atom. The monoisotopic (exact) mass is 196 g/mol. The third-order valence-corrected chi connectivity index (χ3v) is 1.74. The Morgan fingerprint density at radius 1 is 1.20 bits per heavy atom. The van der Waals surface area contributed by atoms with Crippen molar-refractivity contribution in [3.05, 3.63) is 22.7 Å². The van der Waals surface area contributed by atoms with Gasteiger partial charge in [0.15, 0.2) is 0 Å². The summed E-state index contributed by atoms with van der Waals surface area (Å²) < 4.78 is 1.00. The SMILES string of the molecule is Brc1ccc2c(c1)N=N[N]2. The van der Waals surface area contributed by atoms with E-state index in [4.69, 9.17) is 0 Å². The molecule has 0 atom stereocenters. The largest absolute Gasteiger partial charge is 0.128 e. The number of nitrogens with zero attached hydrogens (tertiary/aromatic N) is 3. The van der Waals surface area contributed by atoms with E-state index < -0.39 is 0 Å². The van der Waals surface area contributed by atoms with Crippen LogP contribution in [0.4, 0.5) is 11.4 Å². The molecule has 1 aliphatic rings. The minimum atomic E-state index is 0.828. The maximum absolute atomic E-state index is 3.79. The second-order valence-corrected chi connectivity index (χ2v) is 2.84. The molecule has 0 N–H and O–H groups in total. The van der Waals surface area contributed by atoms with Crippen LogP contribution < -0.4 is 5.43 Å². The van der Waals surface area contributed by atoms with E-state index in [2.05, 4.69) is 31.7 Å². The summed E-state index contributed by atoms with van der Waals surface area (Å²) >= 11 is 3.32. The Bertz CT molecular complexity index is 295. The third-order valence-electron chi connectivity index (χ3n) is 1.24. The van der Waals surface area contributed by atoms with E-state index in [1.807, 2.05) is 18.2 Å². The minimum Gasteiger partial charge on any atom is -0.128 e. The zero-order chi connectivity index (χ0) is 6.97. The van der Waals surface area contributed by atoms with Crippen LogP contribution in [0.2, 0.25) is 0 Å².